The summed E-state index contributed by atoms with van der Waals surface area (Å²) in [7, 11) is 0. The topological polar surface area (TPSA) is 63.8 Å². The van der Waals surface area contributed by atoms with Gasteiger partial charge in [-0.15, -0.1) is 0 Å². The van der Waals surface area contributed by atoms with Gasteiger partial charge < -0.3 is 5.43 Å². The zero-order valence-corrected chi connectivity index (χ0v) is 12.5. The summed E-state index contributed by atoms with van der Waals surface area (Å²) < 4.78 is 1.07. The molecule has 6 heteroatoms. The van der Waals surface area contributed by atoms with E-state index < -0.39 is 0 Å². The minimum atomic E-state index is 0.512. The number of halogens is 1. The molecule has 0 amide bonds. The molecule has 0 unspecified atom stereocenters. The number of benzene rings is 1. The molecule has 1 aliphatic carbocycles. The third kappa shape index (κ3) is 3.26. The quantitative estimate of drug-likeness (QED) is 0.507. The Kier molecular flexibility index (Phi) is 3.72. The second-order valence-electron chi connectivity index (χ2n) is 4.42. The maximum absolute atomic E-state index is 5.47. The van der Waals surface area contributed by atoms with E-state index in [2.05, 4.69) is 43.5 Å². The van der Waals surface area contributed by atoms with Crippen molar-refractivity contribution >= 4 is 33.5 Å². The van der Waals surface area contributed by atoms with Gasteiger partial charge >= 0.3 is 0 Å². The van der Waals surface area contributed by atoms with Crippen LogP contribution in [-0.2, 0) is 0 Å². The molecule has 0 atom stereocenters. The third-order valence-corrected chi connectivity index (χ3v) is 4.30. The molecule has 2 aromatic rings. The molecule has 4 nitrogen and oxygen atoms in total. The lowest BCUT2D eigenvalue weighted by Gasteiger charge is -2.07. The highest BCUT2D eigenvalue weighted by Crippen LogP contribution is 2.39. The number of hydrazine groups is 1. The first-order chi connectivity index (χ1) is 9.24. The summed E-state index contributed by atoms with van der Waals surface area (Å²) in [4.78, 5) is 10.2. The summed E-state index contributed by atoms with van der Waals surface area (Å²) in [5, 5.41) is 0.923. The van der Waals surface area contributed by atoms with Crippen LogP contribution in [0.2, 0.25) is 0 Å². The summed E-state index contributed by atoms with van der Waals surface area (Å²) in [6, 6.07) is 10.0. The lowest BCUT2D eigenvalue weighted by molar-refractivity contribution is 0.878. The highest BCUT2D eigenvalue weighted by Gasteiger charge is 2.27. The lowest BCUT2D eigenvalue weighted by Crippen LogP contribution is -2.10. The Morgan fingerprint density at radius 1 is 1.21 bits per heavy atom. The first kappa shape index (κ1) is 12.9. The number of nitrogens with zero attached hydrogens (tertiary/aromatic N) is 2. The molecule has 0 spiro atoms. The maximum Gasteiger partial charge on any atom is 0.144 e. The van der Waals surface area contributed by atoms with E-state index in [4.69, 9.17) is 5.84 Å². The molecule has 3 N–H and O–H groups in total. The zero-order valence-electron chi connectivity index (χ0n) is 10.1. The minimum Gasteiger partial charge on any atom is -0.308 e. The molecule has 0 aliphatic heterocycles. The van der Waals surface area contributed by atoms with Crippen molar-refractivity contribution in [2.45, 2.75) is 28.7 Å². The molecule has 1 aromatic heterocycles. The van der Waals surface area contributed by atoms with Crippen LogP contribution >= 0.6 is 27.7 Å². The largest absolute Gasteiger partial charge is 0.308 e. The van der Waals surface area contributed by atoms with Crippen LogP contribution in [0, 0.1) is 0 Å². The predicted octanol–water partition coefficient (Wildman–Crippen LogP) is 3.55. The summed E-state index contributed by atoms with van der Waals surface area (Å²) in [6.07, 6.45) is 2.35. The smallest absolute Gasteiger partial charge is 0.144 e. The highest BCUT2D eigenvalue weighted by atomic mass is 79.9. The van der Waals surface area contributed by atoms with E-state index in [9.17, 15) is 0 Å². The Bertz CT molecular complexity index is 584. The van der Waals surface area contributed by atoms with Gasteiger partial charge in [-0.05, 0) is 37.1 Å². The molecular weight excluding hydrogens is 324 g/mol. The number of aromatic nitrogens is 2. The number of nitrogen functional groups attached to an aromatic ring is 1. The Morgan fingerprint density at radius 2 is 1.95 bits per heavy atom. The summed E-state index contributed by atoms with van der Waals surface area (Å²) >= 11 is 5.05. The van der Waals surface area contributed by atoms with Gasteiger partial charge in [0.25, 0.3) is 0 Å². The van der Waals surface area contributed by atoms with Crippen LogP contribution in [0.4, 0.5) is 5.82 Å². The summed E-state index contributed by atoms with van der Waals surface area (Å²) in [5.41, 5.74) is 2.61. The van der Waals surface area contributed by atoms with Crippen molar-refractivity contribution in [3.8, 4) is 0 Å². The number of rotatable bonds is 4. The Hall–Kier alpha value is -1.11. The van der Waals surface area contributed by atoms with Crippen LogP contribution in [0.15, 0.2) is 44.7 Å². The first-order valence-electron chi connectivity index (χ1n) is 6.03. The summed E-state index contributed by atoms with van der Waals surface area (Å²) in [6.45, 7) is 0. The fourth-order valence-electron chi connectivity index (χ4n) is 1.72. The van der Waals surface area contributed by atoms with Gasteiger partial charge in [0.1, 0.15) is 16.7 Å². The highest BCUT2D eigenvalue weighted by molar-refractivity contribution is 9.10. The van der Waals surface area contributed by atoms with Crippen molar-refractivity contribution in [2.24, 2.45) is 5.84 Å². The second kappa shape index (κ2) is 5.48. The van der Waals surface area contributed by atoms with Crippen LogP contribution in [0.1, 0.15) is 24.6 Å². The van der Waals surface area contributed by atoms with Crippen LogP contribution in [0.5, 0.6) is 0 Å². The predicted molar refractivity (Wildman–Crippen MR) is 80.1 cm³/mol. The van der Waals surface area contributed by atoms with Crippen molar-refractivity contribution < 1.29 is 0 Å². The Labute approximate surface area is 124 Å². The van der Waals surface area contributed by atoms with Gasteiger partial charge in [0, 0.05) is 21.4 Å². The van der Waals surface area contributed by atoms with Gasteiger partial charge in [-0.3, -0.25) is 0 Å². The van der Waals surface area contributed by atoms with E-state index in [-0.39, 0.29) is 0 Å². The normalized spacial score (nSPS) is 14.4. The van der Waals surface area contributed by atoms with Crippen LogP contribution < -0.4 is 11.3 Å². The van der Waals surface area contributed by atoms with Gasteiger partial charge in [-0.2, -0.15) is 0 Å². The molecule has 19 heavy (non-hydrogen) atoms. The fourth-order valence-corrected chi connectivity index (χ4v) is 2.80. The van der Waals surface area contributed by atoms with E-state index in [1.54, 1.807) is 11.8 Å². The van der Waals surface area contributed by atoms with E-state index in [1.165, 1.54) is 12.8 Å². The standard InChI is InChI=1S/C13H13BrN4S/c14-9-3-5-10(6-4-9)19-12-7-11(18-15)16-13(17-12)8-1-2-8/h3-8H,1-2,15H2,(H,16,17,18). The van der Waals surface area contributed by atoms with E-state index in [1.807, 2.05) is 18.2 Å². The maximum atomic E-state index is 5.47. The summed E-state index contributed by atoms with van der Waals surface area (Å²) in [5.74, 6) is 7.55. The third-order valence-electron chi connectivity index (χ3n) is 2.85. The molecular formula is C13H13BrN4S. The van der Waals surface area contributed by atoms with Crippen molar-refractivity contribution in [3.05, 3.63) is 40.6 Å². The van der Waals surface area contributed by atoms with Crippen molar-refractivity contribution in [1.29, 1.82) is 0 Å². The van der Waals surface area contributed by atoms with E-state index in [0.717, 1.165) is 20.2 Å². The number of anilines is 1. The molecule has 98 valence electrons. The molecule has 1 fully saturated rings. The number of hydrogen-bond acceptors (Lipinski definition) is 5. The van der Waals surface area contributed by atoms with Crippen molar-refractivity contribution in [2.75, 3.05) is 5.43 Å². The Morgan fingerprint density at radius 3 is 2.58 bits per heavy atom. The van der Waals surface area contributed by atoms with Gasteiger partial charge in [0.05, 0.1) is 0 Å². The van der Waals surface area contributed by atoms with Gasteiger partial charge in [-0.1, -0.05) is 27.7 Å². The number of nitrogens with two attached hydrogens (primary N) is 1. The molecule has 1 heterocycles. The van der Waals surface area contributed by atoms with Gasteiger partial charge in [0.2, 0.25) is 0 Å². The van der Waals surface area contributed by atoms with Crippen LogP contribution in [-0.4, -0.2) is 9.97 Å². The molecule has 1 aromatic carbocycles. The van der Waals surface area contributed by atoms with Crippen molar-refractivity contribution in [3.63, 3.8) is 0 Å². The second-order valence-corrected chi connectivity index (χ2v) is 6.43. The molecule has 3 rings (SSSR count). The SMILES string of the molecule is NNc1cc(Sc2ccc(Br)cc2)nc(C2CC2)n1. The lowest BCUT2D eigenvalue weighted by atomic mass is 10.4. The molecule has 1 saturated carbocycles. The first-order valence-corrected chi connectivity index (χ1v) is 7.64. The number of hydrogen-bond donors (Lipinski definition) is 2. The van der Waals surface area contributed by atoms with E-state index >= 15 is 0 Å². The van der Waals surface area contributed by atoms with Gasteiger partial charge in [-0.25, -0.2) is 15.8 Å². The molecule has 1 aliphatic rings. The van der Waals surface area contributed by atoms with Crippen LogP contribution in [0.25, 0.3) is 0 Å². The van der Waals surface area contributed by atoms with Crippen LogP contribution in [0.3, 0.4) is 0 Å². The monoisotopic (exact) mass is 336 g/mol. The average Bonchev–Trinajstić information content (AvgIpc) is 3.25. The molecule has 0 radical (unpaired) electrons. The molecule has 0 saturated heterocycles. The number of nitrogens with one attached hydrogen (secondary N) is 1. The molecule has 0 bridgehead atoms. The zero-order chi connectivity index (χ0) is 13.2. The average molecular weight is 337 g/mol. The fraction of sp³-hybridized carbons (Fsp3) is 0.231. The van der Waals surface area contributed by atoms with E-state index in [0.29, 0.717) is 11.7 Å². The Balaban J connectivity index is 1.86. The van der Waals surface area contributed by atoms with Gasteiger partial charge in [0.15, 0.2) is 0 Å². The minimum absolute atomic E-state index is 0.512. The van der Waals surface area contributed by atoms with Crippen molar-refractivity contribution in [1.82, 2.24) is 9.97 Å².